The Labute approximate surface area is 156 Å². The molecule has 2 amide bonds. The second kappa shape index (κ2) is 8.57. The number of piperidine rings is 1. The van der Waals surface area contributed by atoms with E-state index in [1.807, 2.05) is 9.80 Å². The fraction of sp³-hybridized carbons (Fsp3) is 0.895. The van der Waals surface area contributed by atoms with Gasteiger partial charge in [-0.05, 0) is 5.92 Å². The van der Waals surface area contributed by atoms with Crippen LogP contribution in [0, 0.1) is 5.92 Å². The number of amides is 2. The summed E-state index contributed by atoms with van der Waals surface area (Å²) in [5, 5.41) is 3.26. The summed E-state index contributed by atoms with van der Waals surface area (Å²) in [7, 11) is 0. The highest BCUT2D eigenvalue weighted by Crippen LogP contribution is 2.34. The van der Waals surface area contributed by atoms with Gasteiger partial charge in [-0.15, -0.1) is 0 Å². The average Bonchev–Trinajstić information content (AvgIpc) is 2.95. The zero-order valence-electron chi connectivity index (χ0n) is 16.2. The van der Waals surface area contributed by atoms with E-state index in [9.17, 15) is 9.59 Å². The van der Waals surface area contributed by atoms with Crippen molar-refractivity contribution in [2.45, 2.75) is 57.7 Å². The molecule has 1 atom stereocenters. The molecule has 0 saturated carbocycles. The predicted octanol–water partition coefficient (Wildman–Crippen LogP) is 1.61. The molecule has 7 nitrogen and oxygen atoms in total. The fourth-order valence-electron chi connectivity index (χ4n) is 4.19. The lowest BCUT2D eigenvalue weighted by atomic mass is 9.90. The Balaban J connectivity index is 1.48. The molecule has 7 heteroatoms. The molecule has 3 aliphatic rings. The lowest BCUT2D eigenvalue weighted by Crippen LogP contribution is -2.50. The zero-order chi connectivity index (χ0) is 18.6. The maximum absolute atomic E-state index is 12.5. The molecule has 3 heterocycles. The second-order valence-corrected chi connectivity index (χ2v) is 7.90. The van der Waals surface area contributed by atoms with E-state index in [4.69, 9.17) is 9.47 Å². The van der Waals surface area contributed by atoms with Gasteiger partial charge in [0.15, 0.2) is 0 Å². The second-order valence-electron chi connectivity index (χ2n) is 7.90. The summed E-state index contributed by atoms with van der Waals surface area (Å²) in [6.45, 7) is 9.37. The van der Waals surface area contributed by atoms with Crippen LogP contribution in [0.5, 0.6) is 0 Å². The number of likely N-dealkylation sites (tertiary alicyclic amines) is 1. The van der Waals surface area contributed by atoms with E-state index in [0.717, 1.165) is 45.3 Å². The van der Waals surface area contributed by atoms with Gasteiger partial charge in [-0.2, -0.15) is 0 Å². The number of hydrogen-bond acceptors (Lipinski definition) is 5. The Bertz CT molecular complexity index is 495. The number of nitrogens with zero attached hydrogens (tertiary/aromatic N) is 2. The van der Waals surface area contributed by atoms with Crippen molar-refractivity contribution < 1.29 is 19.1 Å². The van der Waals surface area contributed by atoms with Gasteiger partial charge in [-0.1, -0.05) is 26.7 Å². The molecule has 26 heavy (non-hydrogen) atoms. The summed E-state index contributed by atoms with van der Waals surface area (Å²) < 4.78 is 11.4. The Morgan fingerprint density at radius 1 is 1.31 bits per heavy atom. The van der Waals surface area contributed by atoms with Crippen LogP contribution in [0.1, 0.15) is 46.0 Å². The van der Waals surface area contributed by atoms with E-state index in [0.29, 0.717) is 38.6 Å². The first-order chi connectivity index (χ1) is 12.5. The Morgan fingerprint density at radius 3 is 2.65 bits per heavy atom. The highest BCUT2D eigenvalue weighted by Gasteiger charge is 2.47. The number of hydrogen-bond donors (Lipinski definition) is 1. The minimum atomic E-state index is -0.400. The molecule has 3 rings (SSSR count). The van der Waals surface area contributed by atoms with Crippen LogP contribution in [0.4, 0.5) is 4.79 Å². The quantitative estimate of drug-likeness (QED) is 0.772. The largest absolute Gasteiger partial charge is 0.441 e. The Kier molecular flexibility index (Phi) is 6.40. The van der Waals surface area contributed by atoms with Crippen molar-refractivity contribution in [3.8, 4) is 0 Å². The van der Waals surface area contributed by atoms with E-state index in [1.165, 1.54) is 0 Å². The van der Waals surface area contributed by atoms with Gasteiger partial charge in [0.05, 0.1) is 25.7 Å². The molecule has 0 bridgehead atoms. The Morgan fingerprint density at radius 2 is 2.04 bits per heavy atom. The third-order valence-electron chi connectivity index (χ3n) is 6.11. The third-order valence-corrected chi connectivity index (χ3v) is 6.11. The van der Waals surface area contributed by atoms with Crippen LogP contribution in [0.15, 0.2) is 0 Å². The van der Waals surface area contributed by atoms with Crippen molar-refractivity contribution in [3.05, 3.63) is 0 Å². The predicted molar refractivity (Wildman–Crippen MR) is 97.9 cm³/mol. The van der Waals surface area contributed by atoms with Gasteiger partial charge >= 0.3 is 6.09 Å². The number of nitrogens with one attached hydrogen (secondary N) is 1. The standard InChI is InChI=1S/C19H33N3O4/c1-3-15(4-2)13-22-14-19(26-18(22)24)5-8-21(9-6-19)17(23)11-16-12-20-7-10-25-16/h15-16,20H,3-14H2,1-2H3/t16-/m1/s1. The molecular formula is C19H33N3O4. The summed E-state index contributed by atoms with van der Waals surface area (Å²) in [5.41, 5.74) is -0.400. The lowest BCUT2D eigenvalue weighted by molar-refractivity contribution is -0.138. The average molecular weight is 367 g/mol. The first kappa shape index (κ1) is 19.4. The smallest absolute Gasteiger partial charge is 0.410 e. The van der Waals surface area contributed by atoms with Crippen molar-refractivity contribution in [1.82, 2.24) is 15.1 Å². The minimum absolute atomic E-state index is 0.0213. The first-order valence-electron chi connectivity index (χ1n) is 10.1. The number of carbonyl (C=O) groups excluding carboxylic acids is 2. The number of rotatable bonds is 6. The van der Waals surface area contributed by atoms with Crippen molar-refractivity contribution in [2.24, 2.45) is 5.92 Å². The Hall–Kier alpha value is -1.34. The molecule has 1 N–H and O–H groups in total. The molecule has 0 aromatic rings. The highest BCUT2D eigenvalue weighted by atomic mass is 16.6. The van der Waals surface area contributed by atoms with Crippen molar-refractivity contribution in [1.29, 1.82) is 0 Å². The molecular weight excluding hydrogens is 334 g/mol. The third kappa shape index (κ3) is 4.49. The summed E-state index contributed by atoms with van der Waals surface area (Å²) in [6.07, 6.45) is 3.84. The molecule has 0 aromatic carbocycles. The van der Waals surface area contributed by atoms with Crippen LogP contribution >= 0.6 is 0 Å². The topological polar surface area (TPSA) is 71.1 Å². The van der Waals surface area contributed by atoms with Crippen LogP contribution in [-0.2, 0) is 14.3 Å². The van der Waals surface area contributed by atoms with Gasteiger partial charge in [0.1, 0.15) is 5.60 Å². The summed E-state index contributed by atoms with van der Waals surface area (Å²) in [4.78, 5) is 28.6. The SMILES string of the molecule is CCC(CC)CN1CC2(CCN(C(=O)C[C@@H]3CNCCO3)CC2)OC1=O. The lowest BCUT2D eigenvalue weighted by Gasteiger charge is -2.38. The normalized spacial score (nSPS) is 25.8. The molecule has 3 aliphatic heterocycles. The molecule has 0 unspecified atom stereocenters. The van der Waals surface area contributed by atoms with Crippen molar-refractivity contribution >= 4 is 12.0 Å². The van der Waals surface area contributed by atoms with E-state index >= 15 is 0 Å². The molecule has 0 radical (unpaired) electrons. The molecule has 0 aromatic heterocycles. The monoisotopic (exact) mass is 367 g/mol. The molecule has 148 valence electrons. The summed E-state index contributed by atoms with van der Waals surface area (Å²) >= 11 is 0. The van der Waals surface area contributed by atoms with Crippen LogP contribution < -0.4 is 5.32 Å². The van der Waals surface area contributed by atoms with Gasteiger partial charge in [-0.25, -0.2) is 4.79 Å². The maximum Gasteiger partial charge on any atom is 0.410 e. The molecule has 3 saturated heterocycles. The fourth-order valence-corrected chi connectivity index (χ4v) is 4.19. The maximum atomic E-state index is 12.5. The number of ether oxygens (including phenoxy) is 2. The van der Waals surface area contributed by atoms with Gasteiger partial charge in [0, 0.05) is 45.6 Å². The van der Waals surface area contributed by atoms with Crippen molar-refractivity contribution in [3.63, 3.8) is 0 Å². The van der Waals surface area contributed by atoms with Crippen LogP contribution in [0.2, 0.25) is 0 Å². The highest BCUT2D eigenvalue weighted by molar-refractivity contribution is 5.77. The zero-order valence-corrected chi connectivity index (χ0v) is 16.2. The van der Waals surface area contributed by atoms with Gasteiger partial charge in [0.25, 0.3) is 0 Å². The molecule has 1 spiro atoms. The van der Waals surface area contributed by atoms with E-state index in [-0.39, 0.29) is 18.1 Å². The molecule has 3 fully saturated rings. The van der Waals surface area contributed by atoms with E-state index < -0.39 is 5.60 Å². The van der Waals surface area contributed by atoms with E-state index in [2.05, 4.69) is 19.2 Å². The van der Waals surface area contributed by atoms with Crippen molar-refractivity contribution in [2.75, 3.05) is 45.9 Å². The minimum Gasteiger partial charge on any atom is -0.441 e. The number of morpholine rings is 1. The van der Waals surface area contributed by atoms with Gasteiger partial charge in [0.2, 0.25) is 5.91 Å². The van der Waals surface area contributed by atoms with E-state index in [1.54, 1.807) is 0 Å². The first-order valence-corrected chi connectivity index (χ1v) is 10.1. The van der Waals surface area contributed by atoms with Crippen LogP contribution in [-0.4, -0.2) is 79.4 Å². The van der Waals surface area contributed by atoms with Gasteiger partial charge < -0.3 is 24.6 Å². The number of carbonyl (C=O) groups is 2. The summed E-state index contributed by atoms with van der Waals surface area (Å²) in [5.74, 6) is 0.676. The van der Waals surface area contributed by atoms with Gasteiger partial charge in [-0.3, -0.25) is 4.79 Å². The summed E-state index contributed by atoms with van der Waals surface area (Å²) in [6, 6.07) is 0. The van der Waals surface area contributed by atoms with Crippen LogP contribution in [0.25, 0.3) is 0 Å². The van der Waals surface area contributed by atoms with Crippen LogP contribution in [0.3, 0.4) is 0 Å². The molecule has 0 aliphatic carbocycles.